The van der Waals surface area contributed by atoms with E-state index < -0.39 is 0 Å². The van der Waals surface area contributed by atoms with Gasteiger partial charge in [0.25, 0.3) is 0 Å². The van der Waals surface area contributed by atoms with Crippen molar-refractivity contribution < 1.29 is 4.79 Å². The molecule has 2 amide bonds. The summed E-state index contributed by atoms with van der Waals surface area (Å²) in [5.74, 6) is 0.951. The van der Waals surface area contributed by atoms with E-state index in [4.69, 9.17) is 0 Å². The van der Waals surface area contributed by atoms with Gasteiger partial charge in [-0.3, -0.25) is 4.68 Å². The maximum atomic E-state index is 12.1. The monoisotopic (exact) mass is 290 g/mol. The Morgan fingerprint density at radius 1 is 1.52 bits per heavy atom. The van der Waals surface area contributed by atoms with Crippen LogP contribution in [0.15, 0.2) is 24.8 Å². The third kappa shape index (κ3) is 3.84. The molecule has 0 radical (unpaired) electrons. The van der Waals surface area contributed by atoms with Crippen LogP contribution in [0.1, 0.15) is 24.4 Å². The van der Waals surface area contributed by atoms with Gasteiger partial charge in [0.1, 0.15) is 5.82 Å². The first-order chi connectivity index (χ1) is 9.97. The molecule has 2 heterocycles. The Bertz CT molecular complexity index is 602. The zero-order chi connectivity index (χ0) is 15.4. The third-order valence-corrected chi connectivity index (χ3v) is 3.51. The molecule has 0 fully saturated rings. The maximum absolute atomic E-state index is 12.1. The van der Waals surface area contributed by atoms with Crippen molar-refractivity contribution in [3.8, 4) is 0 Å². The van der Waals surface area contributed by atoms with Gasteiger partial charge in [-0.15, -0.1) is 0 Å². The quantitative estimate of drug-likeness (QED) is 0.903. The van der Waals surface area contributed by atoms with Gasteiger partial charge in [-0.05, 0) is 13.8 Å². The van der Waals surface area contributed by atoms with E-state index in [9.17, 15) is 4.79 Å². The molecular formula is C14H22N6O. The molecule has 1 N–H and O–H groups in total. The highest BCUT2D eigenvalue weighted by Crippen LogP contribution is 2.10. The first-order valence-electron chi connectivity index (χ1n) is 6.95. The summed E-state index contributed by atoms with van der Waals surface area (Å²) in [6, 6.07) is -0.159. The van der Waals surface area contributed by atoms with Crippen LogP contribution in [0, 0.1) is 6.92 Å². The number of amides is 2. The Morgan fingerprint density at radius 3 is 2.86 bits per heavy atom. The molecule has 21 heavy (non-hydrogen) atoms. The molecule has 0 aliphatic heterocycles. The fraction of sp³-hybridized carbons (Fsp3) is 0.500. The lowest BCUT2D eigenvalue weighted by Crippen LogP contribution is -2.40. The number of imidazole rings is 1. The number of rotatable bonds is 5. The highest BCUT2D eigenvalue weighted by Gasteiger charge is 2.14. The van der Waals surface area contributed by atoms with E-state index >= 15 is 0 Å². The topological polar surface area (TPSA) is 68.0 Å². The van der Waals surface area contributed by atoms with Crippen molar-refractivity contribution in [3.63, 3.8) is 0 Å². The summed E-state index contributed by atoms with van der Waals surface area (Å²) in [6.07, 6.45) is 7.35. The summed E-state index contributed by atoms with van der Waals surface area (Å²) in [7, 11) is 3.65. The Balaban J connectivity index is 1.83. The molecule has 0 aliphatic carbocycles. The molecule has 2 rings (SSSR count). The van der Waals surface area contributed by atoms with Crippen molar-refractivity contribution in [2.45, 2.75) is 26.4 Å². The molecule has 0 saturated carbocycles. The van der Waals surface area contributed by atoms with Gasteiger partial charge in [0.05, 0.1) is 12.2 Å². The lowest BCUT2D eigenvalue weighted by Gasteiger charge is -2.21. The Labute approximate surface area is 124 Å². The summed E-state index contributed by atoms with van der Waals surface area (Å²) < 4.78 is 3.75. The zero-order valence-electron chi connectivity index (χ0n) is 12.9. The first kappa shape index (κ1) is 15.1. The van der Waals surface area contributed by atoms with Crippen LogP contribution in [0.5, 0.6) is 0 Å². The Morgan fingerprint density at radius 2 is 2.29 bits per heavy atom. The van der Waals surface area contributed by atoms with E-state index in [-0.39, 0.29) is 12.1 Å². The summed E-state index contributed by atoms with van der Waals surface area (Å²) in [5.41, 5.74) is 0.990. The number of likely N-dealkylation sites (N-methyl/N-ethyl adjacent to an activating group) is 1. The first-order valence-corrected chi connectivity index (χ1v) is 6.95. The highest BCUT2D eigenvalue weighted by atomic mass is 16.2. The van der Waals surface area contributed by atoms with E-state index in [1.807, 2.05) is 37.9 Å². The second-order valence-electron chi connectivity index (χ2n) is 5.21. The average molecular weight is 290 g/mol. The molecule has 0 bridgehead atoms. The van der Waals surface area contributed by atoms with Crippen molar-refractivity contribution in [1.29, 1.82) is 0 Å². The van der Waals surface area contributed by atoms with Gasteiger partial charge in [-0.1, -0.05) is 0 Å². The molecule has 2 aromatic rings. The van der Waals surface area contributed by atoms with Crippen molar-refractivity contribution in [2.24, 2.45) is 7.05 Å². The predicted molar refractivity (Wildman–Crippen MR) is 79.7 cm³/mol. The molecule has 1 atom stereocenters. The normalized spacial score (nSPS) is 12.2. The summed E-state index contributed by atoms with van der Waals surface area (Å²) in [4.78, 5) is 18.0. The van der Waals surface area contributed by atoms with Crippen LogP contribution in [0.2, 0.25) is 0 Å². The number of nitrogens with one attached hydrogen (secondary N) is 1. The van der Waals surface area contributed by atoms with Crippen molar-refractivity contribution in [3.05, 3.63) is 36.2 Å². The molecule has 7 nitrogen and oxygen atoms in total. The number of carbonyl (C=O) groups is 1. The molecule has 0 aromatic carbocycles. The molecular weight excluding hydrogens is 268 g/mol. The minimum Gasteiger partial charge on any atom is -0.333 e. The van der Waals surface area contributed by atoms with Gasteiger partial charge < -0.3 is 14.8 Å². The number of aryl methyl sites for hydroxylation is 2. The molecule has 0 saturated heterocycles. The largest absolute Gasteiger partial charge is 0.333 e. The van der Waals surface area contributed by atoms with E-state index in [0.717, 1.165) is 17.9 Å². The van der Waals surface area contributed by atoms with E-state index in [0.29, 0.717) is 6.54 Å². The lowest BCUT2D eigenvalue weighted by atomic mass is 10.2. The van der Waals surface area contributed by atoms with Crippen molar-refractivity contribution >= 4 is 6.03 Å². The molecule has 0 aliphatic rings. The van der Waals surface area contributed by atoms with Gasteiger partial charge >= 0.3 is 6.03 Å². The molecule has 2 aromatic heterocycles. The average Bonchev–Trinajstić information content (AvgIpc) is 3.04. The SMILES string of the molecule is Cc1nccn1CCN(C)C(=O)N[C@@H](C)c1cnn(C)c1. The molecule has 7 heteroatoms. The fourth-order valence-electron chi connectivity index (χ4n) is 2.04. The second-order valence-corrected chi connectivity index (χ2v) is 5.21. The number of hydrogen-bond acceptors (Lipinski definition) is 3. The van der Waals surface area contributed by atoms with E-state index in [1.54, 1.807) is 29.0 Å². The summed E-state index contributed by atoms with van der Waals surface area (Å²) in [5, 5.41) is 7.07. The van der Waals surface area contributed by atoms with Crippen LogP contribution in [0.25, 0.3) is 0 Å². The van der Waals surface area contributed by atoms with Crippen LogP contribution in [0.3, 0.4) is 0 Å². The summed E-state index contributed by atoms with van der Waals surface area (Å²) >= 11 is 0. The number of hydrogen-bond donors (Lipinski definition) is 1. The standard InChI is InChI=1S/C14H22N6O/c1-11(13-9-16-19(4)10-13)17-14(21)18(3)7-8-20-6-5-15-12(20)2/h5-6,9-11H,7-8H2,1-4H3,(H,17,21)/t11-/m0/s1. The van der Waals surface area contributed by atoms with Gasteiger partial charge in [0.2, 0.25) is 0 Å². The van der Waals surface area contributed by atoms with Gasteiger partial charge in [-0.25, -0.2) is 9.78 Å². The van der Waals surface area contributed by atoms with E-state index in [2.05, 4.69) is 15.4 Å². The summed E-state index contributed by atoms with van der Waals surface area (Å²) in [6.45, 7) is 5.26. The van der Waals surface area contributed by atoms with Crippen LogP contribution in [0.4, 0.5) is 4.79 Å². The number of urea groups is 1. The predicted octanol–water partition coefficient (Wildman–Crippen LogP) is 1.33. The minimum absolute atomic E-state index is 0.0661. The second kappa shape index (κ2) is 6.43. The van der Waals surface area contributed by atoms with Crippen LogP contribution >= 0.6 is 0 Å². The van der Waals surface area contributed by atoms with Gasteiger partial charge in [-0.2, -0.15) is 5.10 Å². The zero-order valence-corrected chi connectivity index (χ0v) is 12.9. The third-order valence-electron chi connectivity index (χ3n) is 3.51. The smallest absolute Gasteiger partial charge is 0.317 e. The minimum atomic E-state index is -0.0934. The maximum Gasteiger partial charge on any atom is 0.317 e. The lowest BCUT2D eigenvalue weighted by molar-refractivity contribution is 0.203. The van der Waals surface area contributed by atoms with Crippen LogP contribution < -0.4 is 5.32 Å². The number of carbonyl (C=O) groups excluding carboxylic acids is 1. The molecule has 114 valence electrons. The number of nitrogens with zero attached hydrogens (tertiary/aromatic N) is 5. The van der Waals surface area contributed by atoms with Crippen LogP contribution in [-0.4, -0.2) is 43.9 Å². The Kier molecular flexibility index (Phi) is 4.62. The number of aromatic nitrogens is 4. The molecule has 0 unspecified atom stereocenters. The Hall–Kier alpha value is -2.31. The van der Waals surface area contributed by atoms with Gasteiger partial charge in [0.15, 0.2) is 0 Å². The van der Waals surface area contributed by atoms with Crippen molar-refractivity contribution in [1.82, 2.24) is 29.5 Å². The molecule has 0 spiro atoms. The van der Waals surface area contributed by atoms with Crippen LogP contribution in [-0.2, 0) is 13.6 Å². The van der Waals surface area contributed by atoms with Gasteiger partial charge in [0, 0.05) is 51.3 Å². The van der Waals surface area contributed by atoms with Crippen molar-refractivity contribution in [2.75, 3.05) is 13.6 Å². The fourth-order valence-corrected chi connectivity index (χ4v) is 2.04. The highest BCUT2D eigenvalue weighted by molar-refractivity contribution is 5.74. The van der Waals surface area contributed by atoms with E-state index in [1.165, 1.54) is 0 Å².